The number of Topliss-reactive ketones (excluding diaryl/α,β-unsaturated/α-hetero) is 2. The van der Waals surface area contributed by atoms with Crippen LogP contribution in [0.4, 0.5) is 0 Å². The molecule has 4 aliphatic rings. The van der Waals surface area contributed by atoms with Crippen LogP contribution in [-0.4, -0.2) is 81.8 Å². The molecule has 3 amide bonds. The maximum atomic E-state index is 14.8. The molecule has 1 spiro atoms. The Morgan fingerprint density at radius 2 is 1.75 bits per heavy atom. The molecule has 53 heavy (non-hydrogen) atoms. The van der Waals surface area contributed by atoms with Gasteiger partial charge >= 0.3 is 0 Å². The Balaban J connectivity index is 1.26. The third-order valence-corrected chi connectivity index (χ3v) is 11.0. The molecule has 3 heterocycles. The molecule has 2 saturated carbocycles. The minimum atomic E-state index is -1.03. The minimum absolute atomic E-state index is 0.0235. The van der Waals surface area contributed by atoms with Gasteiger partial charge in [0.05, 0.1) is 24.9 Å². The van der Waals surface area contributed by atoms with Gasteiger partial charge in [-0.05, 0) is 80.3 Å². The minimum Gasteiger partial charge on any atom is -0.493 e. The summed E-state index contributed by atoms with van der Waals surface area (Å²) in [6.45, 7) is 13.8. The van der Waals surface area contributed by atoms with Gasteiger partial charge in [0.15, 0.2) is 11.4 Å². The van der Waals surface area contributed by atoms with Crippen molar-refractivity contribution < 1.29 is 33.5 Å². The molecule has 1 aromatic carbocycles. The Morgan fingerprint density at radius 1 is 1.04 bits per heavy atom. The Morgan fingerprint density at radius 3 is 2.36 bits per heavy atom. The molecular weight excluding hydrogens is 674 g/mol. The van der Waals surface area contributed by atoms with Crippen LogP contribution in [0.15, 0.2) is 41.7 Å². The van der Waals surface area contributed by atoms with Crippen molar-refractivity contribution in [3.63, 3.8) is 0 Å². The van der Waals surface area contributed by atoms with Gasteiger partial charge in [0.1, 0.15) is 17.8 Å². The second-order valence-corrected chi connectivity index (χ2v) is 16.4. The third-order valence-electron chi connectivity index (χ3n) is 11.0. The number of aryl methyl sites for hydroxylation is 2. The topological polar surface area (TPSA) is 156 Å². The number of rotatable bonds is 14. The number of oxime groups is 1. The number of carbonyl (C=O) groups excluding carboxylic acids is 5. The first kappa shape index (κ1) is 38.1. The molecule has 0 radical (unpaired) electrons. The van der Waals surface area contributed by atoms with Gasteiger partial charge in [0, 0.05) is 48.6 Å². The normalized spacial score (nSPS) is 24.5. The van der Waals surface area contributed by atoms with E-state index in [1.54, 1.807) is 13.1 Å². The second-order valence-electron chi connectivity index (χ2n) is 16.4. The number of hydrogen-bond donors (Lipinski definition) is 2. The van der Waals surface area contributed by atoms with E-state index in [0.29, 0.717) is 31.6 Å². The average Bonchev–Trinajstić information content (AvgIpc) is 4.05. The largest absolute Gasteiger partial charge is 0.493 e. The van der Waals surface area contributed by atoms with Gasteiger partial charge in [-0.1, -0.05) is 51.8 Å². The van der Waals surface area contributed by atoms with Gasteiger partial charge in [-0.15, -0.1) is 0 Å². The molecule has 1 saturated heterocycles. The number of likely N-dealkylation sites (tertiary alicyclic amines) is 1. The first-order valence-electron chi connectivity index (χ1n) is 19.0. The molecule has 12 heteroatoms. The molecule has 2 N–H and O–H groups in total. The number of benzene rings is 1. The quantitative estimate of drug-likeness (QED) is 0.265. The first-order valence-corrected chi connectivity index (χ1v) is 19.0. The maximum Gasteiger partial charge on any atom is 0.246 e. The van der Waals surface area contributed by atoms with Crippen LogP contribution in [0.1, 0.15) is 108 Å². The van der Waals surface area contributed by atoms with Crippen LogP contribution in [0, 0.1) is 31.1 Å². The summed E-state index contributed by atoms with van der Waals surface area (Å²) in [5, 5.41) is 10.4. The summed E-state index contributed by atoms with van der Waals surface area (Å²) < 4.78 is 5.84. The Kier molecular flexibility index (Phi) is 10.8. The number of aromatic nitrogens is 1. The fraction of sp³-hybridized carbons (Fsp3) is 0.585. The summed E-state index contributed by atoms with van der Waals surface area (Å²) >= 11 is 0. The zero-order valence-corrected chi connectivity index (χ0v) is 32.0. The number of carbonyl (C=O) groups is 5. The van der Waals surface area contributed by atoms with Crippen molar-refractivity contribution in [3.8, 4) is 5.75 Å². The number of amides is 3. The highest BCUT2D eigenvalue weighted by atomic mass is 16.7. The lowest BCUT2D eigenvalue weighted by atomic mass is 9.85. The van der Waals surface area contributed by atoms with Crippen molar-refractivity contribution in [3.05, 3.63) is 58.9 Å². The molecule has 0 bridgehead atoms. The third kappa shape index (κ3) is 8.31. The maximum absolute atomic E-state index is 14.8. The van der Waals surface area contributed by atoms with E-state index >= 15 is 0 Å². The first-order chi connectivity index (χ1) is 25.1. The summed E-state index contributed by atoms with van der Waals surface area (Å²) in [6, 6.07) is 6.66. The molecule has 0 unspecified atom stereocenters. The van der Waals surface area contributed by atoms with Crippen molar-refractivity contribution in [2.24, 2.45) is 22.4 Å². The van der Waals surface area contributed by atoms with Gasteiger partial charge in [-0.3, -0.25) is 29.0 Å². The summed E-state index contributed by atoms with van der Waals surface area (Å²) in [7, 11) is 0. The van der Waals surface area contributed by atoms with Crippen LogP contribution in [0.2, 0.25) is 0 Å². The number of pyridine rings is 1. The number of ketones is 2. The van der Waals surface area contributed by atoms with E-state index < -0.39 is 52.5 Å². The molecule has 1 aromatic heterocycles. The highest BCUT2D eigenvalue weighted by Crippen LogP contribution is 2.47. The predicted molar refractivity (Wildman–Crippen MR) is 198 cm³/mol. The average molecular weight is 728 g/mol. The lowest BCUT2D eigenvalue weighted by Crippen LogP contribution is -2.59. The summed E-state index contributed by atoms with van der Waals surface area (Å²) in [5.74, 6) is -1.59. The smallest absolute Gasteiger partial charge is 0.246 e. The number of nitrogens with zero attached hydrogens (tertiary/aromatic N) is 3. The van der Waals surface area contributed by atoms with E-state index in [4.69, 9.17) is 9.57 Å². The van der Waals surface area contributed by atoms with Crippen molar-refractivity contribution in [2.45, 2.75) is 123 Å². The van der Waals surface area contributed by atoms with E-state index in [0.717, 1.165) is 41.0 Å². The van der Waals surface area contributed by atoms with Gasteiger partial charge in [-0.2, -0.15) is 0 Å². The van der Waals surface area contributed by atoms with E-state index in [1.165, 1.54) is 4.90 Å². The molecule has 6 atom stereocenters. The van der Waals surface area contributed by atoms with Crippen LogP contribution in [-0.2, 0) is 28.8 Å². The highest BCUT2D eigenvalue weighted by Gasteiger charge is 2.56. The number of hydrogen-bond acceptors (Lipinski definition) is 9. The van der Waals surface area contributed by atoms with Crippen molar-refractivity contribution >= 4 is 35.0 Å². The zero-order valence-electron chi connectivity index (χ0n) is 32.0. The van der Waals surface area contributed by atoms with Gasteiger partial charge in [0.2, 0.25) is 23.5 Å². The molecule has 6 rings (SSSR count). The van der Waals surface area contributed by atoms with Crippen molar-refractivity contribution in [1.82, 2.24) is 20.5 Å². The molecule has 2 aromatic rings. The van der Waals surface area contributed by atoms with Gasteiger partial charge in [-0.25, -0.2) is 0 Å². The molecular formula is C41H53N5O7. The summed E-state index contributed by atoms with van der Waals surface area (Å²) in [5.41, 5.74) is 2.59. The van der Waals surface area contributed by atoms with Crippen LogP contribution < -0.4 is 15.4 Å². The van der Waals surface area contributed by atoms with Crippen LogP contribution in [0.3, 0.4) is 0 Å². The molecule has 284 valence electrons. The summed E-state index contributed by atoms with van der Waals surface area (Å²) in [4.78, 5) is 80.6. The highest BCUT2D eigenvalue weighted by molar-refractivity contribution is 6.39. The fourth-order valence-corrected chi connectivity index (χ4v) is 7.80. The van der Waals surface area contributed by atoms with Crippen LogP contribution in [0.5, 0.6) is 5.75 Å². The monoisotopic (exact) mass is 727 g/mol. The van der Waals surface area contributed by atoms with Crippen LogP contribution in [0.25, 0.3) is 0 Å². The predicted octanol–water partition coefficient (Wildman–Crippen LogP) is 4.73. The Bertz CT molecular complexity index is 1780. The number of nitrogens with one attached hydrogen (secondary N) is 2. The molecule has 2 aliphatic heterocycles. The Hall–Kier alpha value is -4.61. The van der Waals surface area contributed by atoms with Gasteiger partial charge < -0.3 is 25.1 Å². The SMILES string of the molecule is CCOc1c(C)cc(C2=NO[C@]3(C2)C[C@@H](C(=O)N[C@@H](CC2CC2)C(=O)C(=O)CC)N(C(=O)[C@@H](NC(=O)[C@H]2C[C@@H]2c2ccccn2)C(C)(C)C)C3)cc1C. The lowest BCUT2D eigenvalue weighted by molar-refractivity contribution is -0.145. The van der Waals surface area contributed by atoms with Crippen molar-refractivity contribution in [1.29, 1.82) is 0 Å². The van der Waals surface area contributed by atoms with E-state index in [2.05, 4.69) is 20.8 Å². The van der Waals surface area contributed by atoms with E-state index in [-0.39, 0.29) is 43.0 Å². The van der Waals surface area contributed by atoms with Gasteiger partial charge in [0.25, 0.3) is 0 Å². The molecule has 12 nitrogen and oxygen atoms in total. The summed E-state index contributed by atoms with van der Waals surface area (Å²) in [6.07, 6.45) is 5.09. The number of ether oxygens (including phenoxy) is 1. The van der Waals surface area contributed by atoms with Crippen LogP contribution >= 0.6 is 0 Å². The van der Waals surface area contributed by atoms with Crippen molar-refractivity contribution in [2.75, 3.05) is 13.2 Å². The van der Waals surface area contributed by atoms with E-state index in [9.17, 15) is 24.0 Å². The second kappa shape index (κ2) is 15.0. The fourth-order valence-electron chi connectivity index (χ4n) is 7.80. The molecule has 2 aliphatic carbocycles. The zero-order chi connectivity index (χ0) is 38.2. The standard InChI is InChI=1S/C41H53N5O7/c1-8-33(47)34(48)30(18-25-13-14-25)43-38(50)32-21-41(20-31(45-53-41)26-16-23(3)35(52-9-2)24(4)17-26)22-46(32)39(51)36(40(5,6)7)44-37(49)28-19-27(28)29-12-10-11-15-42-29/h10-12,15-17,25,27-28,30,32,36H,8-9,13-14,18-22H2,1-7H3,(H,43,50)(H,44,49)/t27-,28-,30-,32-,36+,41+/m0/s1. The van der Waals surface area contributed by atoms with E-state index in [1.807, 2.05) is 71.9 Å². The molecule has 3 fully saturated rings. The Labute approximate surface area is 311 Å². The lowest BCUT2D eigenvalue weighted by Gasteiger charge is -2.35.